The first kappa shape index (κ1) is 15.0. The van der Waals surface area contributed by atoms with E-state index in [1.165, 1.54) is 12.1 Å². The largest absolute Gasteiger partial charge is 0.481 e. The molecule has 0 spiro atoms. The molecule has 1 aromatic carbocycles. The summed E-state index contributed by atoms with van der Waals surface area (Å²) in [6.45, 7) is 3.96. The number of aliphatic carboxylic acids is 1. The average Bonchev–Trinajstić information content (AvgIpc) is 2.74. The lowest BCUT2D eigenvalue weighted by Gasteiger charge is -2.13. The van der Waals surface area contributed by atoms with E-state index in [-0.39, 0.29) is 18.2 Å². The van der Waals surface area contributed by atoms with Crippen LogP contribution in [-0.4, -0.2) is 16.1 Å². The van der Waals surface area contributed by atoms with Crippen LogP contribution in [0.4, 0.5) is 4.39 Å². The molecular formula is C15H17BrFNO2. The van der Waals surface area contributed by atoms with Crippen molar-refractivity contribution in [3.63, 3.8) is 0 Å². The zero-order chi connectivity index (χ0) is 14.9. The number of rotatable bonds is 5. The fourth-order valence-corrected chi connectivity index (χ4v) is 3.22. The topological polar surface area (TPSA) is 53.1 Å². The maximum Gasteiger partial charge on any atom is 0.304 e. The number of carboxylic acids is 1. The number of carbonyl (C=O) groups is 1. The van der Waals surface area contributed by atoms with E-state index in [9.17, 15) is 9.18 Å². The standard InChI is InChI=1S/C15H17BrFNO2/c1-3-8(5-13(19)20)14-10(4-2)11-6-9(17)7-12(16)15(11)18-14/h6-8,18H,3-5H2,1-2H3,(H,19,20). The van der Waals surface area contributed by atoms with Gasteiger partial charge in [0.1, 0.15) is 5.82 Å². The molecule has 0 aliphatic heterocycles. The Morgan fingerprint density at radius 2 is 2.15 bits per heavy atom. The lowest BCUT2D eigenvalue weighted by atomic mass is 9.93. The number of halogens is 2. The van der Waals surface area contributed by atoms with Crippen molar-refractivity contribution in [2.45, 2.75) is 39.0 Å². The lowest BCUT2D eigenvalue weighted by Crippen LogP contribution is -2.07. The summed E-state index contributed by atoms with van der Waals surface area (Å²) in [5, 5.41) is 9.86. The minimum atomic E-state index is -0.817. The predicted molar refractivity (Wildman–Crippen MR) is 80.6 cm³/mol. The molecule has 5 heteroatoms. The van der Waals surface area contributed by atoms with Crippen LogP contribution < -0.4 is 0 Å². The Morgan fingerprint density at radius 3 is 2.70 bits per heavy atom. The molecule has 0 aliphatic rings. The number of nitrogens with one attached hydrogen (secondary N) is 1. The number of carboxylic acid groups (broad SMARTS) is 1. The summed E-state index contributed by atoms with van der Waals surface area (Å²) in [5.41, 5.74) is 2.76. The summed E-state index contributed by atoms with van der Waals surface area (Å²) < 4.78 is 14.2. The zero-order valence-electron chi connectivity index (χ0n) is 11.5. The predicted octanol–water partition coefficient (Wildman–Crippen LogP) is 4.60. The molecule has 2 N–H and O–H groups in total. The Balaban J connectivity index is 2.63. The normalized spacial score (nSPS) is 12.8. The first-order valence-corrected chi connectivity index (χ1v) is 7.48. The summed E-state index contributed by atoms with van der Waals surface area (Å²) >= 11 is 3.36. The number of hydrogen-bond acceptors (Lipinski definition) is 1. The van der Waals surface area contributed by atoms with Gasteiger partial charge in [0, 0.05) is 21.5 Å². The fourth-order valence-electron chi connectivity index (χ4n) is 2.68. The quantitative estimate of drug-likeness (QED) is 0.834. The van der Waals surface area contributed by atoms with Crippen LogP contribution in [0.2, 0.25) is 0 Å². The molecule has 0 amide bonds. The number of fused-ring (bicyclic) bond motifs is 1. The molecule has 3 nitrogen and oxygen atoms in total. The van der Waals surface area contributed by atoms with Crippen molar-refractivity contribution in [1.82, 2.24) is 4.98 Å². The summed E-state index contributed by atoms with van der Waals surface area (Å²) in [4.78, 5) is 14.3. The van der Waals surface area contributed by atoms with Crippen molar-refractivity contribution in [2.75, 3.05) is 0 Å². The maximum atomic E-state index is 13.6. The van der Waals surface area contributed by atoms with E-state index in [0.717, 1.165) is 35.0 Å². The van der Waals surface area contributed by atoms with Crippen LogP contribution in [0.1, 0.15) is 43.9 Å². The third-order valence-corrected chi connectivity index (χ3v) is 4.27. The zero-order valence-corrected chi connectivity index (χ0v) is 13.1. The van der Waals surface area contributed by atoms with Crippen LogP contribution in [0.15, 0.2) is 16.6 Å². The van der Waals surface area contributed by atoms with Crippen LogP contribution in [0.25, 0.3) is 10.9 Å². The summed E-state index contributed by atoms with van der Waals surface area (Å²) in [6.07, 6.45) is 1.55. The van der Waals surface area contributed by atoms with Crippen molar-refractivity contribution in [3.05, 3.63) is 33.7 Å². The molecule has 2 rings (SSSR count). The van der Waals surface area contributed by atoms with Gasteiger partial charge >= 0.3 is 5.97 Å². The number of benzene rings is 1. The number of H-pyrrole nitrogens is 1. The molecule has 108 valence electrons. The molecule has 0 saturated carbocycles. The summed E-state index contributed by atoms with van der Waals surface area (Å²) in [6, 6.07) is 2.92. The minimum absolute atomic E-state index is 0.0789. The van der Waals surface area contributed by atoms with Gasteiger partial charge in [-0.15, -0.1) is 0 Å². The average molecular weight is 342 g/mol. The van der Waals surface area contributed by atoms with E-state index in [4.69, 9.17) is 5.11 Å². The van der Waals surface area contributed by atoms with Crippen molar-refractivity contribution in [3.8, 4) is 0 Å². The van der Waals surface area contributed by atoms with Crippen molar-refractivity contribution >= 4 is 32.8 Å². The maximum absolute atomic E-state index is 13.6. The Labute approximate surface area is 125 Å². The van der Waals surface area contributed by atoms with Gasteiger partial charge in [-0.05, 0) is 46.5 Å². The first-order chi connectivity index (χ1) is 9.47. The highest BCUT2D eigenvalue weighted by molar-refractivity contribution is 9.10. The molecule has 2 aromatic rings. The Morgan fingerprint density at radius 1 is 1.45 bits per heavy atom. The van der Waals surface area contributed by atoms with E-state index in [0.29, 0.717) is 4.47 Å². The molecule has 1 aromatic heterocycles. The second kappa shape index (κ2) is 5.95. The van der Waals surface area contributed by atoms with Gasteiger partial charge in [0.05, 0.1) is 11.9 Å². The fraction of sp³-hybridized carbons (Fsp3) is 0.400. The number of aromatic amines is 1. The number of hydrogen-bond donors (Lipinski definition) is 2. The second-order valence-electron chi connectivity index (χ2n) is 4.88. The molecule has 1 atom stereocenters. The molecule has 1 unspecified atom stereocenters. The highest BCUT2D eigenvalue weighted by Crippen LogP contribution is 2.35. The molecule has 20 heavy (non-hydrogen) atoms. The molecule has 0 fully saturated rings. The van der Waals surface area contributed by atoms with Crippen LogP contribution in [-0.2, 0) is 11.2 Å². The van der Waals surface area contributed by atoms with Gasteiger partial charge < -0.3 is 10.1 Å². The Kier molecular flexibility index (Phi) is 4.48. The van der Waals surface area contributed by atoms with E-state index in [2.05, 4.69) is 20.9 Å². The van der Waals surface area contributed by atoms with E-state index >= 15 is 0 Å². The van der Waals surface area contributed by atoms with E-state index < -0.39 is 5.97 Å². The number of aromatic nitrogens is 1. The van der Waals surface area contributed by atoms with Crippen LogP contribution in [0.3, 0.4) is 0 Å². The molecular weight excluding hydrogens is 325 g/mol. The smallest absolute Gasteiger partial charge is 0.304 e. The third-order valence-electron chi connectivity index (χ3n) is 3.64. The van der Waals surface area contributed by atoms with Crippen molar-refractivity contribution in [1.29, 1.82) is 0 Å². The van der Waals surface area contributed by atoms with Gasteiger partial charge in [-0.3, -0.25) is 4.79 Å². The summed E-state index contributed by atoms with van der Waals surface area (Å²) in [7, 11) is 0. The highest BCUT2D eigenvalue weighted by Gasteiger charge is 2.21. The Hall–Kier alpha value is -1.36. The first-order valence-electron chi connectivity index (χ1n) is 6.69. The molecule has 0 radical (unpaired) electrons. The SMILES string of the molecule is CCc1c(C(CC)CC(=O)O)[nH]c2c(Br)cc(F)cc12. The van der Waals surface area contributed by atoms with E-state index in [1.54, 1.807) is 0 Å². The summed E-state index contributed by atoms with van der Waals surface area (Å²) in [5.74, 6) is -1.19. The molecule has 0 aliphatic carbocycles. The molecule has 1 heterocycles. The second-order valence-corrected chi connectivity index (χ2v) is 5.74. The lowest BCUT2D eigenvalue weighted by molar-refractivity contribution is -0.137. The molecule has 0 bridgehead atoms. The van der Waals surface area contributed by atoms with Gasteiger partial charge in [0.2, 0.25) is 0 Å². The third kappa shape index (κ3) is 2.73. The van der Waals surface area contributed by atoms with Gasteiger partial charge in [-0.1, -0.05) is 13.8 Å². The van der Waals surface area contributed by atoms with E-state index in [1.807, 2.05) is 13.8 Å². The van der Waals surface area contributed by atoms with Crippen LogP contribution in [0.5, 0.6) is 0 Å². The van der Waals surface area contributed by atoms with Crippen LogP contribution >= 0.6 is 15.9 Å². The number of aryl methyl sites for hydroxylation is 1. The monoisotopic (exact) mass is 341 g/mol. The Bertz CT molecular complexity index is 651. The highest BCUT2D eigenvalue weighted by atomic mass is 79.9. The minimum Gasteiger partial charge on any atom is -0.481 e. The molecule has 0 saturated heterocycles. The van der Waals surface area contributed by atoms with Crippen molar-refractivity contribution in [2.24, 2.45) is 0 Å². The van der Waals surface area contributed by atoms with Gasteiger partial charge in [-0.25, -0.2) is 4.39 Å². The van der Waals surface area contributed by atoms with Gasteiger partial charge in [0.15, 0.2) is 0 Å². The van der Waals surface area contributed by atoms with Crippen molar-refractivity contribution < 1.29 is 14.3 Å². The van der Waals surface area contributed by atoms with Gasteiger partial charge in [0.25, 0.3) is 0 Å². The van der Waals surface area contributed by atoms with Gasteiger partial charge in [-0.2, -0.15) is 0 Å². The van der Waals surface area contributed by atoms with Crippen LogP contribution in [0, 0.1) is 5.82 Å².